The van der Waals surface area contributed by atoms with Crippen molar-refractivity contribution in [3.05, 3.63) is 47.4 Å². The standard InChI is InChI=1S/C17H20N2O5/c1-10-14(19-11(2)20)15(21)16(22)17(23-10)24-13-6-4-12(5-7-13)8-9-18-3/h4-10,14-17,21-22H,1-2H3,(H,19,20)/b9-8+/t10-,14+,15+,16-,17+/m0/s1. The van der Waals surface area contributed by atoms with Gasteiger partial charge in [-0.25, -0.2) is 4.85 Å². The molecule has 1 aliphatic rings. The van der Waals surface area contributed by atoms with Crippen molar-refractivity contribution in [3.63, 3.8) is 0 Å². The Hall–Kier alpha value is -2.40. The molecule has 1 fully saturated rings. The van der Waals surface area contributed by atoms with E-state index in [-0.39, 0.29) is 5.91 Å². The fourth-order valence-corrected chi connectivity index (χ4v) is 2.48. The largest absolute Gasteiger partial charge is 0.462 e. The Kier molecular flexibility index (Phi) is 5.93. The van der Waals surface area contributed by atoms with Crippen LogP contribution in [0.25, 0.3) is 10.9 Å². The first kappa shape index (κ1) is 17.9. The number of hydrogen-bond acceptors (Lipinski definition) is 5. The minimum atomic E-state index is -1.31. The zero-order chi connectivity index (χ0) is 17.7. The van der Waals surface area contributed by atoms with Crippen LogP contribution in [-0.2, 0) is 9.53 Å². The molecule has 7 heteroatoms. The number of nitrogens with zero attached hydrogens (tertiary/aromatic N) is 1. The SMILES string of the molecule is [C-]#[N+]/C=C/c1ccc(O[C@H]2O[C@@H](C)[C@@H](NC(C)=O)[C@@H](O)[C@@H]2O)cc1. The highest BCUT2D eigenvalue weighted by Crippen LogP contribution is 2.24. The second kappa shape index (κ2) is 7.93. The average molecular weight is 332 g/mol. The van der Waals surface area contributed by atoms with E-state index in [1.165, 1.54) is 13.1 Å². The van der Waals surface area contributed by atoms with E-state index in [1.807, 2.05) is 0 Å². The van der Waals surface area contributed by atoms with Crippen molar-refractivity contribution in [1.82, 2.24) is 5.32 Å². The number of rotatable bonds is 4. The van der Waals surface area contributed by atoms with Crippen molar-refractivity contribution >= 4 is 12.0 Å². The van der Waals surface area contributed by atoms with E-state index < -0.39 is 30.6 Å². The second-order valence-corrected chi connectivity index (χ2v) is 5.55. The minimum absolute atomic E-state index is 0.316. The fraction of sp³-hybridized carbons (Fsp3) is 0.412. The first-order valence-corrected chi connectivity index (χ1v) is 7.51. The molecule has 1 aliphatic heterocycles. The van der Waals surface area contributed by atoms with Gasteiger partial charge in [-0.05, 0) is 24.6 Å². The Morgan fingerprint density at radius 3 is 2.58 bits per heavy atom. The van der Waals surface area contributed by atoms with Crippen LogP contribution in [-0.4, -0.2) is 46.8 Å². The summed E-state index contributed by atoms with van der Waals surface area (Å²) in [5, 5.41) is 22.9. The van der Waals surface area contributed by atoms with Crippen molar-refractivity contribution in [3.8, 4) is 5.75 Å². The fourth-order valence-electron chi connectivity index (χ4n) is 2.48. The topological polar surface area (TPSA) is 92.4 Å². The summed E-state index contributed by atoms with van der Waals surface area (Å²) in [5.41, 5.74) is 0.836. The van der Waals surface area contributed by atoms with Gasteiger partial charge in [-0.2, -0.15) is 0 Å². The Balaban J connectivity index is 2.04. The molecule has 0 bridgehead atoms. The van der Waals surface area contributed by atoms with E-state index in [9.17, 15) is 15.0 Å². The zero-order valence-corrected chi connectivity index (χ0v) is 13.4. The Morgan fingerprint density at radius 2 is 2.00 bits per heavy atom. The van der Waals surface area contributed by atoms with Gasteiger partial charge in [-0.15, -0.1) is 0 Å². The van der Waals surface area contributed by atoms with Crippen LogP contribution in [0.2, 0.25) is 0 Å². The highest BCUT2D eigenvalue weighted by molar-refractivity contribution is 5.73. The normalized spacial score (nSPS) is 29.9. The van der Waals surface area contributed by atoms with Gasteiger partial charge in [0.1, 0.15) is 18.0 Å². The number of nitrogens with one attached hydrogen (secondary N) is 1. The van der Waals surface area contributed by atoms with Gasteiger partial charge in [0, 0.05) is 6.92 Å². The van der Waals surface area contributed by atoms with Crippen molar-refractivity contribution in [2.45, 2.75) is 44.5 Å². The average Bonchev–Trinajstić information content (AvgIpc) is 2.55. The summed E-state index contributed by atoms with van der Waals surface area (Å²) in [6.07, 6.45) is -1.08. The highest BCUT2D eigenvalue weighted by atomic mass is 16.7. The van der Waals surface area contributed by atoms with Crippen molar-refractivity contribution < 1.29 is 24.5 Å². The van der Waals surface area contributed by atoms with E-state index >= 15 is 0 Å². The lowest BCUT2D eigenvalue weighted by Gasteiger charge is -2.41. The van der Waals surface area contributed by atoms with Crippen LogP contribution in [0.15, 0.2) is 30.5 Å². The van der Waals surface area contributed by atoms with Crippen LogP contribution in [0.1, 0.15) is 19.4 Å². The second-order valence-electron chi connectivity index (χ2n) is 5.55. The first-order chi connectivity index (χ1) is 11.4. The monoisotopic (exact) mass is 332 g/mol. The summed E-state index contributed by atoms with van der Waals surface area (Å²) in [7, 11) is 0. The van der Waals surface area contributed by atoms with E-state index in [0.29, 0.717) is 5.75 Å². The maximum absolute atomic E-state index is 11.2. The van der Waals surface area contributed by atoms with Gasteiger partial charge in [0.25, 0.3) is 0 Å². The van der Waals surface area contributed by atoms with E-state index in [2.05, 4.69) is 10.2 Å². The van der Waals surface area contributed by atoms with E-state index in [1.54, 1.807) is 37.3 Å². The molecule has 1 saturated heterocycles. The molecule has 1 aromatic carbocycles. The third-order valence-electron chi connectivity index (χ3n) is 3.69. The quantitative estimate of drug-likeness (QED) is 0.713. The number of benzene rings is 1. The van der Waals surface area contributed by atoms with Crippen LogP contribution in [0.4, 0.5) is 0 Å². The molecule has 1 heterocycles. The molecule has 5 atom stereocenters. The van der Waals surface area contributed by atoms with Crippen molar-refractivity contribution in [2.24, 2.45) is 0 Å². The van der Waals surface area contributed by atoms with Crippen LogP contribution in [0, 0.1) is 6.57 Å². The lowest BCUT2D eigenvalue weighted by molar-refractivity contribution is -0.242. The molecule has 0 saturated carbocycles. The number of aliphatic hydroxyl groups is 2. The highest BCUT2D eigenvalue weighted by Gasteiger charge is 2.44. The maximum Gasteiger partial charge on any atom is 0.229 e. The summed E-state index contributed by atoms with van der Waals surface area (Å²) < 4.78 is 11.2. The summed E-state index contributed by atoms with van der Waals surface area (Å²) >= 11 is 0. The molecule has 0 spiro atoms. The molecule has 0 radical (unpaired) electrons. The van der Waals surface area contributed by atoms with Crippen LogP contribution < -0.4 is 10.1 Å². The molecule has 0 unspecified atom stereocenters. The van der Waals surface area contributed by atoms with E-state index in [4.69, 9.17) is 16.0 Å². The molecule has 24 heavy (non-hydrogen) atoms. The van der Waals surface area contributed by atoms with Crippen molar-refractivity contribution in [2.75, 3.05) is 0 Å². The predicted octanol–water partition coefficient (Wildman–Crippen LogP) is 0.927. The summed E-state index contributed by atoms with van der Waals surface area (Å²) in [4.78, 5) is 14.3. The Morgan fingerprint density at radius 1 is 1.33 bits per heavy atom. The Bertz CT molecular complexity index is 637. The van der Waals surface area contributed by atoms with Gasteiger partial charge in [-0.1, -0.05) is 18.2 Å². The molecule has 0 aromatic heterocycles. The van der Waals surface area contributed by atoms with Gasteiger partial charge >= 0.3 is 0 Å². The molecular formula is C17H20N2O5. The minimum Gasteiger partial charge on any atom is -0.462 e. The smallest absolute Gasteiger partial charge is 0.229 e. The summed E-state index contributed by atoms with van der Waals surface area (Å²) in [5.74, 6) is 0.139. The molecule has 2 rings (SSSR count). The van der Waals surface area contributed by atoms with Crippen LogP contribution in [0.3, 0.4) is 0 Å². The van der Waals surface area contributed by atoms with Gasteiger partial charge in [0.05, 0.1) is 18.7 Å². The molecule has 1 aromatic rings. The summed E-state index contributed by atoms with van der Waals surface area (Å²) in [6, 6.07) is 6.16. The number of carbonyl (C=O) groups is 1. The van der Waals surface area contributed by atoms with Crippen LogP contribution >= 0.6 is 0 Å². The number of hydrogen-bond donors (Lipinski definition) is 3. The summed E-state index contributed by atoms with van der Waals surface area (Å²) in [6.45, 7) is 9.72. The van der Waals surface area contributed by atoms with Gasteiger partial charge in [0.15, 0.2) is 6.20 Å². The number of aliphatic hydroxyl groups excluding tert-OH is 2. The lowest BCUT2D eigenvalue weighted by Crippen LogP contribution is -2.63. The van der Waals surface area contributed by atoms with Gasteiger partial charge in [0.2, 0.25) is 12.2 Å². The lowest BCUT2D eigenvalue weighted by atomic mass is 9.97. The third-order valence-corrected chi connectivity index (χ3v) is 3.69. The number of amides is 1. The van der Waals surface area contributed by atoms with Gasteiger partial charge in [-0.3, -0.25) is 4.79 Å². The first-order valence-electron chi connectivity index (χ1n) is 7.51. The molecular weight excluding hydrogens is 312 g/mol. The molecule has 3 N–H and O–H groups in total. The molecule has 0 aliphatic carbocycles. The molecule has 128 valence electrons. The predicted molar refractivity (Wildman–Crippen MR) is 86.7 cm³/mol. The number of carbonyl (C=O) groups excluding carboxylic acids is 1. The maximum atomic E-state index is 11.2. The van der Waals surface area contributed by atoms with Gasteiger partial charge < -0.3 is 25.0 Å². The molecule has 1 amide bonds. The van der Waals surface area contributed by atoms with Crippen molar-refractivity contribution in [1.29, 1.82) is 0 Å². The van der Waals surface area contributed by atoms with Crippen LogP contribution in [0.5, 0.6) is 5.75 Å². The third kappa shape index (κ3) is 4.32. The molecule has 7 nitrogen and oxygen atoms in total. The number of ether oxygens (including phenoxy) is 2. The zero-order valence-electron chi connectivity index (χ0n) is 13.4. The Labute approximate surface area is 140 Å². The van der Waals surface area contributed by atoms with E-state index in [0.717, 1.165) is 5.56 Å².